The Bertz CT molecular complexity index is 594. The molecule has 19 heavy (non-hydrogen) atoms. The number of benzene rings is 1. The van der Waals surface area contributed by atoms with Crippen molar-refractivity contribution in [2.45, 2.75) is 38.6 Å². The number of nitrogens with two attached hydrogens (primary N) is 1. The standard InChI is InChI=1S/C16H20N2O/c17-16(19)14-11-18(10-12-6-2-1-3-7-12)15-9-5-4-8-13(14)15/h4-5,8-9,11-12H,1-3,6-7,10H2,(H2,17,19). The second kappa shape index (κ2) is 5.08. The van der Waals surface area contributed by atoms with Gasteiger partial charge in [0.2, 0.25) is 0 Å². The van der Waals surface area contributed by atoms with E-state index in [1.54, 1.807) is 0 Å². The summed E-state index contributed by atoms with van der Waals surface area (Å²) in [5.41, 5.74) is 7.25. The van der Waals surface area contributed by atoms with Crippen LogP contribution in [0.4, 0.5) is 0 Å². The number of nitrogens with zero attached hydrogens (tertiary/aromatic N) is 1. The number of amides is 1. The molecule has 1 saturated carbocycles. The fourth-order valence-corrected chi connectivity index (χ4v) is 3.24. The fourth-order valence-electron chi connectivity index (χ4n) is 3.24. The van der Waals surface area contributed by atoms with Crippen LogP contribution >= 0.6 is 0 Å². The van der Waals surface area contributed by atoms with Gasteiger partial charge in [-0.2, -0.15) is 0 Å². The van der Waals surface area contributed by atoms with Gasteiger partial charge in [-0.3, -0.25) is 4.79 Å². The number of carbonyl (C=O) groups excluding carboxylic acids is 1. The van der Waals surface area contributed by atoms with Gasteiger partial charge in [0, 0.05) is 23.6 Å². The summed E-state index contributed by atoms with van der Waals surface area (Å²) >= 11 is 0. The highest BCUT2D eigenvalue weighted by Gasteiger charge is 2.17. The highest BCUT2D eigenvalue weighted by atomic mass is 16.1. The van der Waals surface area contributed by atoms with Crippen molar-refractivity contribution in [3.63, 3.8) is 0 Å². The topological polar surface area (TPSA) is 48.0 Å². The second-order valence-electron chi connectivity index (χ2n) is 5.58. The normalized spacial score (nSPS) is 16.8. The average molecular weight is 256 g/mol. The Morgan fingerprint density at radius 3 is 2.68 bits per heavy atom. The first kappa shape index (κ1) is 12.3. The van der Waals surface area contributed by atoms with Gasteiger partial charge in [0.05, 0.1) is 5.56 Å². The van der Waals surface area contributed by atoms with Gasteiger partial charge in [0.1, 0.15) is 0 Å². The van der Waals surface area contributed by atoms with Gasteiger partial charge in [-0.1, -0.05) is 37.5 Å². The number of rotatable bonds is 3. The maximum atomic E-state index is 11.5. The van der Waals surface area contributed by atoms with Gasteiger partial charge in [0.15, 0.2) is 0 Å². The van der Waals surface area contributed by atoms with Crippen LogP contribution in [0.2, 0.25) is 0 Å². The predicted octanol–water partition coefficient (Wildman–Crippen LogP) is 3.32. The molecule has 100 valence electrons. The zero-order valence-corrected chi connectivity index (χ0v) is 11.1. The van der Waals surface area contributed by atoms with Crippen molar-refractivity contribution in [3.05, 3.63) is 36.0 Å². The van der Waals surface area contributed by atoms with Crippen LogP contribution < -0.4 is 5.73 Å². The SMILES string of the molecule is NC(=O)c1cn(CC2CCCCC2)c2ccccc12. The number of fused-ring (bicyclic) bond motifs is 1. The molecule has 0 atom stereocenters. The molecule has 2 aromatic rings. The Labute approximate surface area is 113 Å². The third kappa shape index (κ3) is 2.37. The van der Waals surface area contributed by atoms with Gasteiger partial charge in [-0.05, 0) is 24.8 Å². The number of carbonyl (C=O) groups is 1. The molecule has 0 spiro atoms. The van der Waals surface area contributed by atoms with Crippen molar-refractivity contribution >= 4 is 16.8 Å². The monoisotopic (exact) mass is 256 g/mol. The zero-order chi connectivity index (χ0) is 13.2. The van der Waals surface area contributed by atoms with Crippen LogP contribution in [0.25, 0.3) is 10.9 Å². The Morgan fingerprint density at radius 1 is 1.21 bits per heavy atom. The second-order valence-corrected chi connectivity index (χ2v) is 5.58. The van der Waals surface area contributed by atoms with Gasteiger partial charge < -0.3 is 10.3 Å². The molecule has 1 aromatic carbocycles. The lowest BCUT2D eigenvalue weighted by Gasteiger charge is -2.22. The molecule has 1 aliphatic rings. The molecule has 0 bridgehead atoms. The minimum atomic E-state index is -0.335. The lowest BCUT2D eigenvalue weighted by molar-refractivity contribution is 0.100. The Morgan fingerprint density at radius 2 is 1.95 bits per heavy atom. The Hall–Kier alpha value is -1.77. The summed E-state index contributed by atoms with van der Waals surface area (Å²) in [7, 11) is 0. The van der Waals surface area contributed by atoms with E-state index in [0.717, 1.165) is 23.4 Å². The molecular formula is C16H20N2O. The van der Waals surface area contributed by atoms with Gasteiger partial charge in [-0.25, -0.2) is 0 Å². The lowest BCUT2D eigenvalue weighted by atomic mass is 9.89. The smallest absolute Gasteiger partial charge is 0.250 e. The van der Waals surface area contributed by atoms with Crippen LogP contribution in [0.3, 0.4) is 0 Å². The molecule has 2 N–H and O–H groups in total. The van der Waals surface area contributed by atoms with E-state index < -0.39 is 0 Å². The third-order valence-electron chi connectivity index (χ3n) is 4.23. The first-order valence-electron chi connectivity index (χ1n) is 7.13. The summed E-state index contributed by atoms with van der Waals surface area (Å²) in [5, 5.41) is 0.978. The molecule has 1 amide bonds. The number of aromatic nitrogens is 1. The van der Waals surface area contributed by atoms with Crippen molar-refractivity contribution in [2.24, 2.45) is 11.7 Å². The van der Waals surface area contributed by atoms with E-state index in [9.17, 15) is 4.79 Å². The first-order valence-corrected chi connectivity index (χ1v) is 7.13. The minimum Gasteiger partial charge on any atom is -0.366 e. The maximum Gasteiger partial charge on any atom is 0.250 e. The predicted molar refractivity (Wildman–Crippen MR) is 77.0 cm³/mol. The number of primary amides is 1. The zero-order valence-electron chi connectivity index (χ0n) is 11.1. The van der Waals surface area contributed by atoms with Crippen molar-refractivity contribution in [1.82, 2.24) is 4.57 Å². The van der Waals surface area contributed by atoms with E-state index in [1.807, 2.05) is 24.4 Å². The van der Waals surface area contributed by atoms with Crippen molar-refractivity contribution < 1.29 is 4.79 Å². The summed E-state index contributed by atoms with van der Waals surface area (Å²) in [6.07, 6.45) is 8.59. The molecule has 0 saturated heterocycles. The Kier molecular flexibility index (Phi) is 3.28. The highest BCUT2D eigenvalue weighted by Crippen LogP contribution is 2.28. The molecule has 3 heteroatoms. The van der Waals surface area contributed by atoms with Gasteiger partial charge in [-0.15, -0.1) is 0 Å². The first-order chi connectivity index (χ1) is 9.25. The van der Waals surface area contributed by atoms with Crippen molar-refractivity contribution in [2.75, 3.05) is 0 Å². The van der Waals surface area contributed by atoms with Crippen LogP contribution in [0, 0.1) is 5.92 Å². The Balaban J connectivity index is 1.96. The van der Waals surface area contributed by atoms with E-state index in [-0.39, 0.29) is 5.91 Å². The van der Waals surface area contributed by atoms with E-state index >= 15 is 0 Å². The van der Waals surface area contributed by atoms with Crippen LogP contribution in [0.15, 0.2) is 30.5 Å². The van der Waals surface area contributed by atoms with Crippen molar-refractivity contribution in [1.29, 1.82) is 0 Å². The van der Waals surface area contributed by atoms with Crippen molar-refractivity contribution in [3.8, 4) is 0 Å². The molecule has 3 nitrogen and oxygen atoms in total. The summed E-state index contributed by atoms with van der Waals surface area (Å²) < 4.78 is 2.21. The summed E-state index contributed by atoms with van der Waals surface area (Å²) in [6.45, 7) is 1.01. The van der Waals surface area contributed by atoms with E-state index in [0.29, 0.717) is 5.56 Å². The van der Waals surface area contributed by atoms with Crippen LogP contribution in [-0.4, -0.2) is 10.5 Å². The molecule has 3 rings (SSSR count). The van der Waals surface area contributed by atoms with E-state index in [4.69, 9.17) is 5.73 Å². The largest absolute Gasteiger partial charge is 0.366 e. The molecule has 1 heterocycles. The molecule has 0 radical (unpaired) electrons. The van der Waals surface area contributed by atoms with Crippen LogP contribution in [0.5, 0.6) is 0 Å². The molecular weight excluding hydrogens is 236 g/mol. The fraction of sp³-hybridized carbons (Fsp3) is 0.438. The van der Waals surface area contributed by atoms with Gasteiger partial charge >= 0.3 is 0 Å². The molecule has 1 aliphatic carbocycles. The van der Waals surface area contributed by atoms with Crippen LogP contribution in [0.1, 0.15) is 42.5 Å². The molecule has 1 aromatic heterocycles. The van der Waals surface area contributed by atoms with Gasteiger partial charge in [0.25, 0.3) is 5.91 Å². The van der Waals surface area contributed by atoms with Crippen LogP contribution in [-0.2, 0) is 6.54 Å². The summed E-state index contributed by atoms with van der Waals surface area (Å²) in [5.74, 6) is 0.406. The average Bonchev–Trinajstić information content (AvgIpc) is 2.79. The summed E-state index contributed by atoms with van der Waals surface area (Å²) in [4.78, 5) is 11.5. The van der Waals surface area contributed by atoms with E-state index in [2.05, 4.69) is 10.6 Å². The molecule has 1 fully saturated rings. The minimum absolute atomic E-state index is 0.335. The molecule has 0 aliphatic heterocycles. The summed E-state index contributed by atoms with van der Waals surface area (Å²) in [6, 6.07) is 8.03. The third-order valence-corrected chi connectivity index (χ3v) is 4.23. The number of hydrogen-bond acceptors (Lipinski definition) is 1. The molecule has 0 unspecified atom stereocenters. The van der Waals surface area contributed by atoms with E-state index in [1.165, 1.54) is 32.1 Å². The highest BCUT2D eigenvalue weighted by molar-refractivity contribution is 6.06. The number of para-hydroxylation sites is 1. The number of hydrogen-bond donors (Lipinski definition) is 1. The quantitative estimate of drug-likeness (QED) is 0.899. The maximum absolute atomic E-state index is 11.5. The lowest BCUT2D eigenvalue weighted by Crippen LogP contribution is -2.14.